The zero-order chi connectivity index (χ0) is 9.56. The summed E-state index contributed by atoms with van der Waals surface area (Å²) in [6.45, 7) is 9.03. The molecular weight excluding hydrogens is 146 g/mol. The minimum atomic E-state index is 0.413. The number of hydrogen-bond donors (Lipinski definition) is 1. The monoisotopic (exact) mass is 171 g/mol. The highest BCUT2D eigenvalue weighted by molar-refractivity contribution is 4.75. The Morgan fingerprint density at radius 1 is 1.08 bits per heavy atom. The second kappa shape index (κ2) is 6.47. The van der Waals surface area contributed by atoms with Crippen LogP contribution in [0.3, 0.4) is 0 Å². The SMILES string of the molecule is CCCC(C)C(CC)C(N)CC. The lowest BCUT2D eigenvalue weighted by Gasteiger charge is -2.27. The number of nitrogens with two attached hydrogens (primary N) is 1. The molecule has 0 aromatic heterocycles. The van der Waals surface area contributed by atoms with Crippen molar-refractivity contribution in [1.29, 1.82) is 0 Å². The molecule has 0 saturated carbocycles. The second-order valence-electron chi connectivity index (χ2n) is 3.91. The average Bonchev–Trinajstić information content (AvgIpc) is 2.06. The third-order valence-corrected chi connectivity index (χ3v) is 2.97. The van der Waals surface area contributed by atoms with E-state index >= 15 is 0 Å². The van der Waals surface area contributed by atoms with Crippen LogP contribution in [0.2, 0.25) is 0 Å². The first-order valence-electron chi connectivity index (χ1n) is 5.42. The quantitative estimate of drug-likeness (QED) is 0.652. The smallest absolute Gasteiger partial charge is 0.00669 e. The molecule has 0 fully saturated rings. The molecule has 1 nitrogen and oxygen atoms in total. The van der Waals surface area contributed by atoms with E-state index in [4.69, 9.17) is 5.73 Å². The first kappa shape index (κ1) is 12.0. The Morgan fingerprint density at radius 2 is 1.67 bits per heavy atom. The van der Waals surface area contributed by atoms with Gasteiger partial charge in [-0.15, -0.1) is 0 Å². The zero-order valence-corrected chi connectivity index (χ0v) is 9.14. The van der Waals surface area contributed by atoms with Gasteiger partial charge in [-0.25, -0.2) is 0 Å². The van der Waals surface area contributed by atoms with Crippen molar-refractivity contribution in [2.75, 3.05) is 0 Å². The van der Waals surface area contributed by atoms with Crippen LogP contribution in [0.5, 0.6) is 0 Å². The molecule has 0 saturated heterocycles. The van der Waals surface area contributed by atoms with Crippen molar-refractivity contribution in [2.45, 2.75) is 59.4 Å². The minimum Gasteiger partial charge on any atom is -0.327 e. The van der Waals surface area contributed by atoms with Gasteiger partial charge in [0.25, 0.3) is 0 Å². The largest absolute Gasteiger partial charge is 0.327 e. The van der Waals surface area contributed by atoms with Crippen molar-refractivity contribution >= 4 is 0 Å². The number of rotatable bonds is 6. The normalized spacial score (nSPS) is 18.8. The molecule has 12 heavy (non-hydrogen) atoms. The molecule has 2 N–H and O–H groups in total. The lowest BCUT2D eigenvalue weighted by Crippen LogP contribution is -2.33. The van der Waals surface area contributed by atoms with E-state index in [2.05, 4.69) is 27.7 Å². The Bertz CT molecular complexity index is 101. The number of hydrogen-bond acceptors (Lipinski definition) is 1. The Balaban J connectivity index is 3.94. The molecule has 0 aliphatic rings. The lowest BCUT2D eigenvalue weighted by molar-refractivity contribution is 0.269. The fraction of sp³-hybridized carbons (Fsp3) is 1.00. The molecular formula is C11H25N. The van der Waals surface area contributed by atoms with Gasteiger partial charge in [-0.2, -0.15) is 0 Å². The summed E-state index contributed by atoms with van der Waals surface area (Å²) in [5, 5.41) is 0. The molecule has 0 heterocycles. The van der Waals surface area contributed by atoms with Gasteiger partial charge in [0, 0.05) is 6.04 Å². The fourth-order valence-electron chi connectivity index (χ4n) is 2.10. The Kier molecular flexibility index (Phi) is 6.45. The van der Waals surface area contributed by atoms with Crippen LogP contribution in [0, 0.1) is 11.8 Å². The van der Waals surface area contributed by atoms with Crippen molar-refractivity contribution in [1.82, 2.24) is 0 Å². The van der Waals surface area contributed by atoms with Gasteiger partial charge in [0.05, 0.1) is 0 Å². The molecule has 3 atom stereocenters. The molecule has 0 aliphatic heterocycles. The molecule has 0 rings (SSSR count). The van der Waals surface area contributed by atoms with Crippen LogP contribution in [0.1, 0.15) is 53.4 Å². The Hall–Kier alpha value is -0.0400. The van der Waals surface area contributed by atoms with Crippen LogP contribution < -0.4 is 5.73 Å². The molecule has 74 valence electrons. The standard InChI is InChI=1S/C11H25N/c1-5-8-9(4)10(6-2)11(12)7-3/h9-11H,5-8,12H2,1-4H3. The maximum Gasteiger partial charge on any atom is 0.00669 e. The fourth-order valence-corrected chi connectivity index (χ4v) is 2.10. The first-order valence-corrected chi connectivity index (χ1v) is 5.42. The van der Waals surface area contributed by atoms with E-state index in [1.807, 2.05) is 0 Å². The van der Waals surface area contributed by atoms with E-state index in [1.54, 1.807) is 0 Å². The van der Waals surface area contributed by atoms with Gasteiger partial charge in [0.1, 0.15) is 0 Å². The molecule has 0 spiro atoms. The van der Waals surface area contributed by atoms with E-state index in [0.29, 0.717) is 6.04 Å². The lowest BCUT2D eigenvalue weighted by atomic mass is 9.82. The van der Waals surface area contributed by atoms with Crippen molar-refractivity contribution in [3.8, 4) is 0 Å². The summed E-state index contributed by atoms with van der Waals surface area (Å²) in [6, 6.07) is 0.413. The summed E-state index contributed by atoms with van der Waals surface area (Å²) in [5.41, 5.74) is 6.06. The van der Waals surface area contributed by atoms with Gasteiger partial charge in [-0.05, 0) is 18.3 Å². The summed E-state index contributed by atoms with van der Waals surface area (Å²) in [5.74, 6) is 1.53. The Morgan fingerprint density at radius 3 is 2.00 bits per heavy atom. The van der Waals surface area contributed by atoms with Crippen molar-refractivity contribution < 1.29 is 0 Å². The third-order valence-electron chi connectivity index (χ3n) is 2.97. The van der Waals surface area contributed by atoms with Crippen LogP contribution in [-0.4, -0.2) is 6.04 Å². The Labute approximate surface area is 77.7 Å². The van der Waals surface area contributed by atoms with E-state index < -0.39 is 0 Å². The predicted octanol–water partition coefficient (Wildman–Crippen LogP) is 3.19. The van der Waals surface area contributed by atoms with Crippen LogP contribution in [0.4, 0.5) is 0 Å². The van der Waals surface area contributed by atoms with Crippen molar-refractivity contribution in [2.24, 2.45) is 17.6 Å². The average molecular weight is 171 g/mol. The highest BCUT2D eigenvalue weighted by Crippen LogP contribution is 2.23. The molecule has 0 aromatic carbocycles. The highest BCUT2D eigenvalue weighted by Gasteiger charge is 2.19. The summed E-state index contributed by atoms with van der Waals surface area (Å²) in [7, 11) is 0. The molecule has 0 radical (unpaired) electrons. The van der Waals surface area contributed by atoms with Gasteiger partial charge in [-0.3, -0.25) is 0 Å². The van der Waals surface area contributed by atoms with E-state index in [1.165, 1.54) is 19.3 Å². The minimum absolute atomic E-state index is 0.413. The molecule has 0 aromatic rings. The zero-order valence-electron chi connectivity index (χ0n) is 9.14. The summed E-state index contributed by atoms with van der Waals surface area (Å²) < 4.78 is 0. The molecule has 3 unspecified atom stereocenters. The van der Waals surface area contributed by atoms with E-state index in [9.17, 15) is 0 Å². The maximum absolute atomic E-state index is 6.06. The topological polar surface area (TPSA) is 26.0 Å². The van der Waals surface area contributed by atoms with Crippen LogP contribution >= 0.6 is 0 Å². The van der Waals surface area contributed by atoms with Gasteiger partial charge < -0.3 is 5.73 Å². The van der Waals surface area contributed by atoms with Crippen LogP contribution in [-0.2, 0) is 0 Å². The summed E-state index contributed by atoms with van der Waals surface area (Å²) >= 11 is 0. The highest BCUT2D eigenvalue weighted by atomic mass is 14.6. The van der Waals surface area contributed by atoms with E-state index in [0.717, 1.165) is 18.3 Å². The maximum atomic E-state index is 6.06. The summed E-state index contributed by atoms with van der Waals surface area (Å²) in [6.07, 6.45) is 4.96. The summed E-state index contributed by atoms with van der Waals surface area (Å²) in [4.78, 5) is 0. The van der Waals surface area contributed by atoms with Gasteiger partial charge in [-0.1, -0.05) is 47.0 Å². The predicted molar refractivity (Wildman–Crippen MR) is 56.1 cm³/mol. The molecule has 1 heteroatoms. The van der Waals surface area contributed by atoms with Gasteiger partial charge in [0.2, 0.25) is 0 Å². The van der Waals surface area contributed by atoms with Gasteiger partial charge in [0.15, 0.2) is 0 Å². The van der Waals surface area contributed by atoms with Gasteiger partial charge >= 0.3 is 0 Å². The molecule has 0 bridgehead atoms. The first-order chi connectivity index (χ1) is 5.67. The van der Waals surface area contributed by atoms with Crippen molar-refractivity contribution in [3.63, 3.8) is 0 Å². The molecule has 0 aliphatic carbocycles. The molecule has 0 amide bonds. The van der Waals surface area contributed by atoms with Crippen LogP contribution in [0.15, 0.2) is 0 Å². The third kappa shape index (κ3) is 3.57. The van der Waals surface area contributed by atoms with E-state index in [-0.39, 0.29) is 0 Å². The van der Waals surface area contributed by atoms with Crippen LogP contribution in [0.25, 0.3) is 0 Å². The second-order valence-corrected chi connectivity index (χ2v) is 3.91. The van der Waals surface area contributed by atoms with Crippen molar-refractivity contribution in [3.05, 3.63) is 0 Å².